The molecule has 1 aromatic rings. The lowest BCUT2D eigenvalue weighted by molar-refractivity contribution is 0.191. The number of hydrogen-bond donors (Lipinski definition) is 1. The van der Waals surface area contributed by atoms with Gasteiger partial charge in [0.05, 0.1) is 0 Å². The molecule has 0 unspecified atom stereocenters. The summed E-state index contributed by atoms with van der Waals surface area (Å²) in [5.74, 6) is 0. The third kappa shape index (κ3) is 3.71. The molecule has 3 heteroatoms. The summed E-state index contributed by atoms with van der Waals surface area (Å²) >= 11 is 6.28. The molecule has 19 heavy (non-hydrogen) atoms. The second-order valence-electron chi connectivity index (χ2n) is 5.57. The minimum atomic E-state index is 0.276. The van der Waals surface area contributed by atoms with E-state index in [1.807, 2.05) is 12.1 Å². The van der Waals surface area contributed by atoms with Crippen LogP contribution in [0.1, 0.15) is 38.7 Å². The fourth-order valence-electron chi connectivity index (χ4n) is 2.95. The molecule has 2 nitrogen and oxygen atoms in total. The highest BCUT2D eigenvalue weighted by molar-refractivity contribution is 6.31. The SMILES string of the molecule is CCC1(CC)CN(Cc2ccccc2Cl)CCCN1. The van der Waals surface area contributed by atoms with E-state index >= 15 is 0 Å². The van der Waals surface area contributed by atoms with Gasteiger partial charge in [0.2, 0.25) is 0 Å². The molecule has 1 aliphatic heterocycles. The first-order chi connectivity index (χ1) is 9.19. The lowest BCUT2D eigenvalue weighted by atomic mass is 9.92. The molecule has 1 fully saturated rings. The van der Waals surface area contributed by atoms with Gasteiger partial charge in [0, 0.05) is 23.7 Å². The third-order valence-corrected chi connectivity index (χ3v) is 4.75. The highest BCUT2D eigenvalue weighted by atomic mass is 35.5. The van der Waals surface area contributed by atoms with E-state index in [1.54, 1.807) is 0 Å². The zero-order valence-corrected chi connectivity index (χ0v) is 12.8. The minimum absolute atomic E-state index is 0.276. The van der Waals surface area contributed by atoms with Gasteiger partial charge in [0.1, 0.15) is 0 Å². The van der Waals surface area contributed by atoms with Crippen molar-refractivity contribution >= 4 is 11.6 Å². The van der Waals surface area contributed by atoms with E-state index < -0.39 is 0 Å². The predicted molar refractivity (Wildman–Crippen MR) is 82.7 cm³/mol. The van der Waals surface area contributed by atoms with Crippen LogP contribution in [-0.2, 0) is 6.54 Å². The Kier molecular flexibility index (Phi) is 5.26. The van der Waals surface area contributed by atoms with Crippen LogP contribution >= 0.6 is 11.6 Å². The molecule has 0 saturated carbocycles. The maximum Gasteiger partial charge on any atom is 0.0451 e. The molecule has 0 aliphatic carbocycles. The number of benzene rings is 1. The molecule has 1 heterocycles. The van der Waals surface area contributed by atoms with Crippen LogP contribution in [0, 0.1) is 0 Å². The number of nitrogens with one attached hydrogen (secondary N) is 1. The molecule has 0 radical (unpaired) electrons. The lowest BCUT2D eigenvalue weighted by Crippen LogP contribution is -2.50. The maximum atomic E-state index is 6.28. The first-order valence-corrected chi connectivity index (χ1v) is 7.77. The zero-order chi connectivity index (χ0) is 13.7. The number of halogens is 1. The summed E-state index contributed by atoms with van der Waals surface area (Å²) in [4.78, 5) is 2.55. The van der Waals surface area contributed by atoms with E-state index in [9.17, 15) is 0 Å². The largest absolute Gasteiger partial charge is 0.310 e. The zero-order valence-electron chi connectivity index (χ0n) is 12.1. The van der Waals surface area contributed by atoms with Crippen LogP contribution in [-0.4, -0.2) is 30.1 Å². The van der Waals surface area contributed by atoms with Crippen LogP contribution in [0.4, 0.5) is 0 Å². The second kappa shape index (κ2) is 6.74. The van der Waals surface area contributed by atoms with Crippen molar-refractivity contribution in [3.63, 3.8) is 0 Å². The monoisotopic (exact) mass is 280 g/mol. The molecule has 2 rings (SSSR count). The summed E-state index contributed by atoms with van der Waals surface area (Å²) in [5, 5.41) is 4.64. The van der Waals surface area contributed by atoms with E-state index in [4.69, 9.17) is 11.6 Å². The number of nitrogens with zero attached hydrogens (tertiary/aromatic N) is 1. The average molecular weight is 281 g/mol. The Morgan fingerprint density at radius 2 is 2.00 bits per heavy atom. The smallest absolute Gasteiger partial charge is 0.0451 e. The van der Waals surface area contributed by atoms with E-state index in [-0.39, 0.29) is 5.54 Å². The van der Waals surface area contributed by atoms with Crippen molar-refractivity contribution in [3.05, 3.63) is 34.9 Å². The summed E-state index contributed by atoms with van der Waals surface area (Å²) in [5.41, 5.74) is 1.52. The summed E-state index contributed by atoms with van der Waals surface area (Å²) in [7, 11) is 0. The van der Waals surface area contributed by atoms with Crippen molar-refractivity contribution in [1.29, 1.82) is 0 Å². The van der Waals surface area contributed by atoms with Gasteiger partial charge < -0.3 is 5.32 Å². The van der Waals surface area contributed by atoms with Gasteiger partial charge in [0.25, 0.3) is 0 Å². The van der Waals surface area contributed by atoms with Crippen molar-refractivity contribution in [2.45, 2.75) is 45.2 Å². The topological polar surface area (TPSA) is 15.3 Å². The van der Waals surface area contributed by atoms with E-state index in [0.29, 0.717) is 0 Å². The lowest BCUT2D eigenvalue weighted by Gasteiger charge is -2.35. The quantitative estimate of drug-likeness (QED) is 0.905. The Labute approximate surface area is 122 Å². The van der Waals surface area contributed by atoms with Gasteiger partial charge in [-0.25, -0.2) is 0 Å². The van der Waals surface area contributed by atoms with Crippen LogP contribution in [0.5, 0.6) is 0 Å². The minimum Gasteiger partial charge on any atom is -0.310 e. The van der Waals surface area contributed by atoms with E-state index in [2.05, 4.69) is 36.2 Å². The van der Waals surface area contributed by atoms with Crippen LogP contribution in [0.3, 0.4) is 0 Å². The standard InChI is InChI=1S/C16H25ClN2/c1-3-16(4-2)13-19(11-7-10-18-16)12-14-8-5-6-9-15(14)17/h5-6,8-9,18H,3-4,7,10-13H2,1-2H3. The molecule has 0 aromatic heterocycles. The van der Waals surface area contributed by atoms with Crippen LogP contribution < -0.4 is 5.32 Å². The van der Waals surface area contributed by atoms with Crippen molar-refractivity contribution < 1.29 is 0 Å². The molecule has 106 valence electrons. The molecule has 0 amide bonds. The first-order valence-electron chi connectivity index (χ1n) is 7.40. The van der Waals surface area contributed by atoms with Gasteiger partial charge in [-0.15, -0.1) is 0 Å². The number of rotatable bonds is 4. The number of hydrogen-bond acceptors (Lipinski definition) is 2. The first kappa shape index (κ1) is 14.8. The normalized spacial score (nSPS) is 20.2. The van der Waals surface area contributed by atoms with E-state index in [0.717, 1.165) is 31.2 Å². The molecule has 1 aromatic carbocycles. The van der Waals surface area contributed by atoms with Crippen molar-refractivity contribution in [2.75, 3.05) is 19.6 Å². The molecule has 1 saturated heterocycles. The Bertz CT molecular complexity index is 401. The van der Waals surface area contributed by atoms with Gasteiger partial charge in [-0.05, 0) is 44.0 Å². The second-order valence-corrected chi connectivity index (χ2v) is 5.98. The van der Waals surface area contributed by atoms with Gasteiger partial charge in [-0.2, -0.15) is 0 Å². The third-order valence-electron chi connectivity index (χ3n) is 4.38. The molecule has 0 spiro atoms. The van der Waals surface area contributed by atoms with Gasteiger partial charge in [-0.1, -0.05) is 43.6 Å². The molecule has 0 atom stereocenters. The Morgan fingerprint density at radius 1 is 1.26 bits per heavy atom. The van der Waals surface area contributed by atoms with Crippen molar-refractivity contribution in [3.8, 4) is 0 Å². The molecular formula is C16H25ClN2. The summed E-state index contributed by atoms with van der Waals surface area (Å²) in [6.45, 7) is 8.93. The molecule has 1 aliphatic rings. The van der Waals surface area contributed by atoms with Gasteiger partial charge in [0.15, 0.2) is 0 Å². The van der Waals surface area contributed by atoms with E-state index in [1.165, 1.54) is 24.8 Å². The fraction of sp³-hybridized carbons (Fsp3) is 0.625. The summed E-state index contributed by atoms with van der Waals surface area (Å²) in [6.07, 6.45) is 3.58. The van der Waals surface area contributed by atoms with Crippen molar-refractivity contribution in [1.82, 2.24) is 10.2 Å². The van der Waals surface area contributed by atoms with Crippen LogP contribution in [0.25, 0.3) is 0 Å². The molecule has 1 N–H and O–H groups in total. The summed E-state index contributed by atoms with van der Waals surface area (Å²) < 4.78 is 0. The van der Waals surface area contributed by atoms with Crippen molar-refractivity contribution in [2.24, 2.45) is 0 Å². The van der Waals surface area contributed by atoms with Gasteiger partial charge in [-0.3, -0.25) is 4.90 Å². The maximum absolute atomic E-state index is 6.28. The average Bonchev–Trinajstić information content (AvgIpc) is 2.64. The Hall–Kier alpha value is -0.570. The highest BCUT2D eigenvalue weighted by Crippen LogP contribution is 2.23. The van der Waals surface area contributed by atoms with Gasteiger partial charge >= 0.3 is 0 Å². The summed E-state index contributed by atoms with van der Waals surface area (Å²) in [6, 6.07) is 8.20. The predicted octanol–water partition coefficient (Wildman–Crippen LogP) is 3.69. The Balaban J connectivity index is 2.09. The molecular weight excluding hydrogens is 256 g/mol. The Morgan fingerprint density at radius 3 is 2.68 bits per heavy atom. The highest BCUT2D eigenvalue weighted by Gasteiger charge is 2.30. The van der Waals surface area contributed by atoms with Crippen LogP contribution in [0.15, 0.2) is 24.3 Å². The molecule has 0 bridgehead atoms. The van der Waals surface area contributed by atoms with Crippen LogP contribution in [0.2, 0.25) is 5.02 Å². The fourth-order valence-corrected chi connectivity index (χ4v) is 3.14.